The lowest BCUT2D eigenvalue weighted by Gasteiger charge is -2.07. The van der Waals surface area contributed by atoms with E-state index < -0.39 is 0 Å². The molecule has 1 amide bonds. The fourth-order valence-electron chi connectivity index (χ4n) is 3.72. The lowest BCUT2D eigenvalue weighted by atomic mass is 10.1. The minimum absolute atomic E-state index is 0.255. The predicted molar refractivity (Wildman–Crippen MR) is 138 cm³/mol. The first-order chi connectivity index (χ1) is 16.6. The van der Waals surface area contributed by atoms with Gasteiger partial charge in [-0.15, -0.1) is 23.1 Å². The molecule has 1 aliphatic rings. The lowest BCUT2D eigenvalue weighted by Crippen LogP contribution is -2.13. The molecule has 3 aromatic heterocycles. The van der Waals surface area contributed by atoms with Crippen LogP contribution in [0, 0.1) is 6.92 Å². The molecule has 8 heteroatoms. The van der Waals surface area contributed by atoms with Crippen LogP contribution in [0.2, 0.25) is 0 Å². The van der Waals surface area contributed by atoms with Crippen molar-refractivity contribution in [1.29, 1.82) is 0 Å². The molecule has 34 heavy (non-hydrogen) atoms. The molecule has 0 saturated heterocycles. The van der Waals surface area contributed by atoms with Crippen LogP contribution < -0.4 is 5.32 Å². The number of benzene rings is 2. The van der Waals surface area contributed by atoms with Gasteiger partial charge in [-0.25, -0.2) is 14.6 Å². The monoisotopic (exact) mass is 483 g/mol. The number of rotatable bonds is 6. The molecule has 1 aliphatic carbocycles. The quantitative estimate of drug-likeness (QED) is 0.304. The summed E-state index contributed by atoms with van der Waals surface area (Å²) in [6.07, 6.45) is 2.58. The van der Waals surface area contributed by atoms with Gasteiger partial charge >= 0.3 is 0 Å². The Bertz CT molecular complexity index is 1500. The van der Waals surface area contributed by atoms with Crippen LogP contribution in [0.25, 0.3) is 27.3 Å². The van der Waals surface area contributed by atoms with E-state index in [0.29, 0.717) is 11.5 Å². The van der Waals surface area contributed by atoms with Gasteiger partial charge in [0.05, 0.1) is 21.4 Å². The molecule has 0 unspecified atom stereocenters. The zero-order chi connectivity index (χ0) is 23.1. The molecule has 6 nitrogen and oxygen atoms in total. The van der Waals surface area contributed by atoms with Crippen LogP contribution in [-0.2, 0) is 0 Å². The van der Waals surface area contributed by atoms with Crippen LogP contribution in [-0.4, -0.2) is 30.9 Å². The average molecular weight is 484 g/mol. The summed E-state index contributed by atoms with van der Waals surface area (Å²) in [5.74, 6) is 0.411. The number of anilines is 1. The highest BCUT2D eigenvalue weighted by Crippen LogP contribution is 2.39. The Kier molecular flexibility index (Phi) is 5.39. The van der Waals surface area contributed by atoms with Gasteiger partial charge in [-0.1, -0.05) is 12.1 Å². The van der Waals surface area contributed by atoms with Crippen LogP contribution in [0.1, 0.15) is 29.0 Å². The van der Waals surface area contributed by atoms with Gasteiger partial charge < -0.3 is 5.32 Å². The SMILES string of the molecule is Cc1cccc(-n2nc(C(=O)Nc3ccc(SC4CC4)cc3)cc2-c2ccc3ncsc3c2)n1. The van der Waals surface area contributed by atoms with Crippen molar-refractivity contribution in [3.05, 3.63) is 83.6 Å². The lowest BCUT2D eigenvalue weighted by molar-refractivity contribution is 0.102. The molecule has 1 N–H and O–H groups in total. The number of carbonyl (C=O) groups excluding carboxylic acids is 1. The Morgan fingerprint density at radius 3 is 2.74 bits per heavy atom. The predicted octanol–water partition coefficient (Wildman–Crippen LogP) is 6.36. The summed E-state index contributed by atoms with van der Waals surface area (Å²) >= 11 is 3.48. The Morgan fingerprint density at radius 1 is 1.09 bits per heavy atom. The minimum Gasteiger partial charge on any atom is -0.321 e. The highest BCUT2D eigenvalue weighted by Gasteiger charge is 2.22. The maximum absolute atomic E-state index is 13.1. The third-order valence-corrected chi connectivity index (χ3v) is 7.74. The minimum atomic E-state index is -0.255. The van der Waals surface area contributed by atoms with Gasteiger partial charge in [0.25, 0.3) is 5.91 Å². The zero-order valence-corrected chi connectivity index (χ0v) is 20.1. The summed E-state index contributed by atoms with van der Waals surface area (Å²) in [6.45, 7) is 1.94. The molecule has 0 atom stereocenters. The topological polar surface area (TPSA) is 72.7 Å². The molecule has 2 aromatic carbocycles. The third-order valence-electron chi connectivity index (χ3n) is 5.60. The Morgan fingerprint density at radius 2 is 1.94 bits per heavy atom. The third kappa shape index (κ3) is 4.34. The summed E-state index contributed by atoms with van der Waals surface area (Å²) in [4.78, 5) is 23.4. The molecule has 5 aromatic rings. The van der Waals surface area contributed by atoms with Crippen molar-refractivity contribution in [2.24, 2.45) is 0 Å². The largest absolute Gasteiger partial charge is 0.321 e. The summed E-state index contributed by atoms with van der Waals surface area (Å²) in [7, 11) is 0. The number of fused-ring (bicyclic) bond motifs is 1. The Hall–Kier alpha value is -3.49. The van der Waals surface area contributed by atoms with Crippen LogP contribution in [0.5, 0.6) is 0 Å². The van der Waals surface area contributed by atoms with E-state index in [2.05, 4.69) is 38.6 Å². The molecular formula is C26H21N5OS2. The molecule has 0 spiro atoms. The number of hydrogen-bond donors (Lipinski definition) is 1. The standard InChI is InChI=1S/C26H21N5OS2/c1-16-3-2-4-25(28-16)31-23(17-5-12-21-24(13-17)33-15-27-21)14-22(30-31)26(32)29-18-6-8-19(9-7-18)34-20-10-11-20/h2-9,12-15,20H,10-11H2,1H3,(H,29,32). The fourth-order valence-corrected chi connectivity index (χ4v) is 5.49. The van der Waals surface area contributed by atoms with Gasteiger partial charge in [-0.2, -0.15) is 5.10 Å². The summed E-state index contributed by atoms with van der Waals surface area (Å²) < 4.78 is 2.82. The van der Waals surface area contributed by atoms with Crippen molar-refractivity contribution < 1.29 is 4.79 Å². The molecule has 1 fully saturated rings. The zero-order valence-electron chi connectivity index (χ0n) is 18.4. The second-order valence-corrected chi connectivity index (χ2v) is 10.6. The Balaban J connectivity index is 1.34. The first-order valence-corrected chi connectivity index (χ1v) is 12.8. The van der Waals surface area contributed by atoms with Crippen molar-refractivity contribution in [3.8, 4) is 17.1 Å². The highest BCUT2D eigenvalue weighted by atomic mass is 32.2. The van der Waals surface area contributed by atoms with Crippen molar-refractivity contribution in [1.82, 2.24) is 19.7 Å². The molecule has 0 radical (unpaired) electrons. The number of nitrogens with zero attached hydrogens (tertiary/aromatic N) is 4. The second-order valence-electron chi connectivity index (χ2n) is 8.29. The highest BCUT2D eigenvalue weighted by molar-refractivity contribution is 8.00. The molecule has 168 valence electrons. The molecule has 6 rings (SSSR count). The number of pyridine rings is 1. The smallest absolute Gasteiger partial charge is 0.276 e. The van der Waals surface area contributed by atoms with Gasteiger partial charge in [0, 0.05) is 27.1 Å². The van der Waals surface area contributed by atoms with E-state index in [9.17, 15) is 4.79 Å². The summed E-state index contributed by atoms with van der Waals surface area (Å²) in [6, 6.07) is 21.7. The van der Waals surface area contributed by atoms with Crippen LogP contribution in [0.3, 0.4) is 0 Å². The summed E-state index contributed by atoms with van der Waals surface area (Å²) in [5.41, 5.74) is 6.51. The molecule has 0 aliphatic heterocycles. The number of carbonyl (C=O) groups is 1. The maximum Gasteiger partial charge on any atom is 0.276 e. The van der Waals surface area contributed by atoms with E-state index in [1.165, 1.54) is 17.7 Å². The van der Waals surface area contributed by atoms with Crippen LogP contribution >= 0.6 is 23.1 Å². The van der Waals surface area contributed by atoms with Crippen LogP contribution in [0.15, 0.2) is 77.1 Å². The number of thiazole rings is 1. The number of amides is 1. The fraction of sp³-hybridized carbons (Fsp3) is 0.154. The Labute approximate surface area is 205 Å². The number of thioether (sulfide) groups is 1. The van der Waals surface area contributed by atoms with E-state index in [0.717, 1.165) is 38.1 Å². The number of nitrogens with one attached hydrogen (secondary N) is 1. The molecule has 0 bridgehead atoms. The van der Waals surface area contributed by atoms with Gasteiger partial charge in [-0.3, -0.25) is 4.79 Å². The number of aryl methyl sites for hydroxylation is 1. The normalized spacial score (nSPS) is 13.3. The molecular weight excluding hydrogens is 462 g/mol. The second kappa shape index (κ2) is 8.70. The summed E-state index contributed by atoms with van der Waals surface area (Å²) in [5, 5.41) is 8.39. The number of hydrogen-bond acceptors (Lipinski definition) is 6. The van der Waals surface area contributed by atoms with Crippen molar-refractivity contribution in [3.63, 3.8) is 0 Å². The van der Waals surface area contributed by atoms with E-state index in [1.807, 2.05) is 72.7 Å². The van der Waals surface area contributed by atoms with Crippen molar-refractivity contribution in [2.75, 3.05) is 5.32 Å². The van der Waals surface area contributed by atoms with Crippen molar-refractivity contribution in [2.45, 2.75) is 29.9 Å². The van der Waals surface area contributed by atoms with Gasteiger partial charge in [0.1, 0.15) is 0 Å². The van der Waals surface area contributed by atoms with E-state index >= 15 is 0 Å². The van der Waals surface area contributed by atoms with Crippen molar-refractivity contribution >= 4 is 44.9 Å². The van der Waals surface area contributed by atoms with E-state index in [4.69, 9.17) is 0 Å². The van der Waals surface area contributed by atoms with Crippen LogP contribution in [0.4, 0.5) is 5.69 Å². The number of aromatic nitrogens is 4. The van der Waals surface area contributed by atoms with Gasteiger partial charge in [0.2, 0.25) is 0 Å². The maximum atomic E-state index is 13.1. The van der Waals surface area contributed by atoms with Gasteiger partial charge in [-0.05, 0) is 74.4 Å². The first kappa shape index (κ1) is 21.1. The first-order valence-electron chi connectivity index (χ1n) is 11.1. The van der Waals surface area contributed by atoms with E-state index in [-0.39, 0.29) is 5.91 Å². The molecule has 1 saturated carbocycles. The molecule has 3 heterocycles. The average Bonchev–Trinajstić information content (AvgIpc) is 3.35. The van der Waals surface area contributed by atoms with E-state index in [1.54, 1.807) is 16.0 Å². The van der Waals surface area contributed by atoms with Gasteiger partial charge in [0.15, 0.2) is 11.5 Å².